The predicted molar refractivity (Wildman–Crippen MR) is 171 cm³/mol. The molecule has 1 atom stereocenters. The largest absolute Gasteiger partial charge is 0.338 e. The molecule has 1 aliphatic carbocycles. The standard InChI is InChI=1S/C35H48N4/c1-26(30-16-9-8-10-17-30)19-20-27(2)38-34(36-7)28(3)39-33-25-32(21-23-37-33)31-18-13-15-29(24-31)14-11-12-22-35(4,5)6/h9,13,15-18,21,23-26H,3,8,10-12,14,19-20,22H2,1-2,4-7H3,(H,37,39). The van der Waals surface area contributed by atoms with Gasteiger partial charge < -0.3 is 5.32 Å². The first-order valence-corrected chi connectivity index (χ1v) is 14.5. The van der Waals surface area contributed by atoms with Crippen molar-refractivity contribution in [3.8, 4) is 11.1 Å². The van der Waals surface area contributed by atoms with Crippen molar-refractivity contribution in [1.82, 2.24) is 4.98 Å². The van der Waals surface area contributed by atoms with Crippen LogP contribution in [0.5, 0.6) is 0 Å². The molecule has 208 valence electrons. The Hall–Kier alpha value is -3.27. The van der Waals surface area contributed by atoms with E-state index in [-0.39, 0.29) is 0 Å². The molecule has 1 aliphatic rings. The number of rotatable bonds is 12. The third kappa shape index (κ3) is 10.4. The number of allylic oxidation sites excluding steroid dienone is 4. The Morgan fingerprint density at radius 1 is 1.10 bits per heavy atom. The molecule has 0 saturated carbocycles. The summed E-state index contributed by atoms with van der Waals surface area (Å²) in [5.74, 6) is 1.89. The highest BCUT2D eigenvalue weighted by molar-refractivity contribution is 6.07. The average molecular weight is 525 g/mol. The van der Waals surface area contributed by atoms with E-state index in [1.165, 1.54) is 36.0 Å². The van der Waals surface area contributed by atoms with Crippen LogP contribution in [0.2, 0.25) is 0 Å². The molecule has 1 unspecified atom stereocenters. The maximum Gasteiger partial charge on any atom is 0.170 e. The van der Waals surface area contributed by atoms with E-state index in [0.717, 1.165) is 49.2 Å². The van der Waals surface area contributed by atoms with Gasteiger partial charge in [-0.15, -0.1) is 0 Å². The fraction of sp³-hybridized carbons (Fsp3) is 0.457. The molecular weight excluding hydrogens is 476 g/mol. The van der Waals surface area contributed by atoms with E-state index in [0.29, 0.717) is 22.9 Å². The fourth-order valence-corrected chi connectivity index (χ4v) is 4.86. The maximum absolute atomic E-state index is 4.79. The fourth-order valence-electron chi connectivity index (χ4n) is 4.86. The molecule has 0 fully saturated rings. The third-order valence-electron chi connectivity index (χ3n) is 7.25. The van der Waals surface area contributed by atoms with E-state index >= 15 is 0 Å². The SMILES string of the molecule is C=C(Nc1cc(-c2cccc(CCCCC(C)(C)C)c2)ccn1)C(N=C(C)CCC(C)C1=CCCC=C1)=NC. The minimum Gasteiger partial charge on any atom is -0.338 e. The molecule has 0 spiro atoms. The smallest absolute Gasteiger partial charge is 0.170 e. The van der Waals surface area contributed by atoms with Gasteiger partial charge in [0.25, 0.3) is 0 Å². The first kappa shape index (κ1) is 30.3. The molecule has 0 saturated heterocycles. The van der Waals surface area contributed by atoms with Crippen LogP contribution in [0.3, 0.4) is 0 Å². The number of nitrogens with one attached hydrogen (secondary N) is 1. The van der Waals surface area contributed by atoms with Crippen molar-refractivity contribution in [3.05, 3.63) is 84.2 Å². The zero-order chi connectivity index (χ0) is 28.3. The van der Waals surface area contributed by atoms with Crippen LogP contribution in [-0.2, 0) is 6.42 Å². The van der Waals surface area contributed by atoms with Gasteiger partial charge in [-0.2, -0.15) is 0 Å². The lowest BCUT2D eigenvalue weighted by Crippen LogP contribution is -2.12. The summed E-state index contributed by atoms with van der Waals surface area (Å²) in [6.07, 6.45) is 17.9. The summed E-state index contributed by atoms with van der Waals surface area (Å²) in [5.41, 5.74) is 7.28. The number of unbranched alkanes of at least 4 members (excludes halogenated alkanes) is 1. The van der Waals surface area contributed by atoms with E-state index in [1.807, 2.05) is 6.20 Å². The minimum absolute atomic E-state index is 0.404. The Balaban J connectivity index is 1.59. The minimum atomic E-state index is 0.404. The molecule has 4 nitrogen and oxygen atoms in total. The number of anilines is 1. The first-order chi connectivity index (χ1) is 18.6. The Morgan fingerprint density at radius 3 is 2.62 bits per heavy atom. The normalized spacial score (nSPS) is 15.2. The molecule has 1 N–H and O–H groups in total. The lowest BCUT2D eigenvalue weighted by molar-refractivity contribution is 0.360. The second-order valence-corrected chi connectivity index (χ2v) is 12.0. The number of nitrogens with zero attached hydrogens (tertiary/aromatic N) is 3. The van der Waals surface area contributed by atoms with Gasteiger partial charge >= 0.3 is 0 Å². The van der Waals surface area contributed by atoms with Crippen molar-refractivity contribution in [1.29, 1.82) is 0 Å². The zero-order valence-electron chi connectivity index (χ0n) is 25.1. The van der Waals surface area contributed by atoms with Gasteiger partial charge in [-0.3, -0.25) is 4.99 Å². The summed E-state index contributed by atoms with van der Waals surface area (Å²) in [5, 5.41) is 3.33. The second kappa shape index (κ2) is 14.8. The molecular formula is C35H48N4. The Morgan fingerprint density at radius 2 is 1.90 bits per heavy atom. The van der Waals surface area contributed by atoms with E-state index in [2.05, 4.69) is 111 Å². The van der Waals surface area contributed by atoms with Gasteiger partial charge in [-0.25, -0.2) is 9.98 Å². The van der Waals surface area contributed by atoms with Gasteiger partial charge in [-0.05, 0) is 97.6 Å². The molecule has 1 aromatic carbocycles. The van der Waals surface area contributed by atoms with Crippen LogP contribution in [0.4, 0.5) is 5.82 Å². The topological polar surface area (TPSA) is 49.6 Å². The Bertz CT molecular complexity index is 1220. The van der Waals surface area contributed by atoms with Crippen molar-refractivity contribution < 1.29 is 0 Å². The highest BCUT2D eigenvalue weighted by Gasteiger charge is 2.11. The molecule has 0 aliphatic heterocycles. The van der Waals surface area contributed by atoms with Gasteiger partial charge in [0.1, 0.15) is 5.82 Å². The van der Waals surface area contributed by atoms with Gasteiger partial charge in [0.05, 0.1) is 5.70 Å². The Labute approximate surface area is 237 Å². The van der Waals surface area contributed by atoms with Crippen molar-refractivity contribution in [2.45, 2.75) is 86.0 Å². The van der Waals surface area contributed by atoms with Gasteiger partial charge in [-0.1, -0.05) is 83.2 Å². The molecule has 0 amide bonds. The van der Waals surface area contributed by atoms with E-state index < -0.39 is 0 Å². The number of pyridine rings is 1. The molecule has 3 rings (SSSR count). The van der Waals surface area contributed by atoms with Crippen LogP contribution < -0.4 is 5.32 Å². The van der Waals surface area contributed by atoms with Crippen LogP contribution in [0.1, 0.15) is 85.1 Å². The number of amidine groups is 1. The van der Waals surface area contributed by atoms with Crippen LogP contribution in [0.15, 0.2) is 88.7 Å². The van der Waals surface area contributed by atoms with Crippen molar-refractivity contribution in [2.75, 3.05) is 12.4 Å². The number of benzene rings is 1. The monoisotopic (exact) mass is 524 g/mol. The Kier molecular flexibility index (Phi) is 11.5. The van der Waals surface area contributed by atoms with Gasteiger partial charge in [0, 0.05) is 19.0 Å². The molecule has 1 heterocycles. The van der Waals surface area contributed by atoms with Crippen LogP contribution in [0.25, 0.3) is 11.1 Å². The van der Waals surface area contributed by atoms with E-state index in [4.69, 9.17) is 4.99 Å². The average Bonchev–Trinajstić information content (AvgIpc) is 2.93. The first-order valence-electron chi connectivity index (χ1n) is 14.5. The highest BCUT2D eigenvalue weighted by Crippen LogP contribution is 2.26. The second-order valence-electron chi connectivity index (χ2n) is 12.0. The van der Waals surface area contributed by atoms with Crippen LogP contribution in [0, 0.1) is 11.3 Å². The molecule has 0 radical (unpaired) electrons. The van der Waals surface area contributed by atoms with Gasteiger partial charge in [0.2, 0.25) is 0 Å². The summed E-state index contributed by atoms with van der Waals surface area (Å²) >= 11 is 0. The molecule has 4 heteroatoms. The van der Waals surface area contributed by atoms with Gasteiger partial charge in [0.15, 0.2) is 5.84 Å². The van der Waals surface area contributed by atoms with Crippen molar-refractivity contribution >= 4 is 17.4 Å². The summed E-state index contributed by atoms with van der Waals surface area (Å²) in [6.45, 7) is 15.5. The molecule has 0 bridgehead atoms. The number of hydrogen-bond donors (Lipinski definition) is 1. The predicted octanol–water partition coefficient (Wildman–Crippen LogP) is 9.61. The van der Waals surface area contributed by atoms with Crippen LogP contribution >= 0.6 is 0 Å². The molecule has 2 aromatic rings. The molecule has 39 heavy (non-hydrogen) atoms. The number of aliphatic imine (C=N–C) groups is 2. The van der Waals surface area contributed by atoms with E-state index in [1.54, 1.807) is 7.05 Å². The van der Waals surface area contributed by atoms with Crippen molar-refractivity contribution in [3.63, 3.8) is 0 Å². The molecule has 1 aromatic heterocycles. The maximum atomic E-state index is 4.79. The highest BCUT2D eigenvalue weighted by atomic mass is 15.0. The zero-order valence-corrected chi connectivity index (χ0v) is 25.1. The lowest BCUT2D eigenvalue weighted by atomic mass is 9.89. The van der Waals surface area contributed by atoms with Crippen LogP contribution in [-0.4, -0.2) is 23.6 Å². The summed E-state index contributed by atoms with van der Waals surface area (Å²) in [6, 6.07) is 13.0. The summed E-state index contributed by atoms with van der Waals surface area (Å²) < 4.78 is 0. The number of aromatic nitrogens is 1. The summed E-state index contributed by atoms with van der Waals surface area (Å²) in [4.78, 5) is 13.7. The van der Waals surface area contributed by atoms with E-state index in [9.17, 15) is 0 Å². The lowest BCUT2D eigenvalue weighted by Gasteiger charge is -2.17. The van der Waals surface area contributed by atoms with Crippen molar-refractivity contribution in [2.24, 2.45) is 21.3 Å². The quantitative estimate of drug-likeness (QED) is 0.171. The number of hydrogen-bond acceptors (Lipinski definition) is 3. The number of aryl methyl sites for hydroxylation is 1. The summed E-state index contributed by atoms with van der Waals surface area (Å²) in [7, 11) is 1.76. The third-order valence-corrected chi connectivity index (χ3v) is 7.25.